The number of hydrogen-bond donors (Lipinski definition) is 1. The normalized spacial score (nSPS) is 25.4. The van der Waals surface area contributed by atoms with Crippen molar-refractivity contribution in [2.45, 2.75) is 75.9 Å². The highest BCUT2D eigenvalue weighted by Gasteiger charge is 2.39. The van der Waals surface area contributed by atoms with Crippen molar-refractivity contribution in [2.75, 3.05) is 26.8 Å². The molecule has 2 atom stereocenters. The van der Waals surface area contributed by atoms with Gasteiger partial charge in [0.1, 0.15) is 11.6 Å². The summed E-state index contributed by atoms with van der Waals surface area (Å²) in [5.74, 6) is 0.930. The van der Waals surface area contributed by atoms with Gasteiger partial charge in [-0.25, -0.2) is 4.39 Å². The second kappa shape index (κ2) is 10.2. The molecule has 176 valence electrons. The van der Waals surface area contributed by atoms with Gasteiger partial charge in [0.25, 0.3) is 0 Å². The molecule has 0 bridgehead atoms. The third-order valence-corrected chi connectivity index (χ3v) is 7.34. The van der Waals surface area contributed by atoms with E-state index in [4.69, 9.17) is 9.47 Å². The minimum absolute atomic E-state index is 0.0357. The highest BCUT2D eigenvalue weighted by Crippen LogP contribution is 2.33. The standard InChI is InChI=1S/C25H35FN2O4/c1-31-20-7-8-22(26)19(14-20)15-25(11-9-23(29)27-25)12-10-24(30)28(16-18-4-2-5-18)17-21-6-3-13-32-21/h7-8,14,18,21H,2-6,9-13,15-17H2,1H3,(H,27,29)/t21-,25-/m1/s1. The summed E-state index contributed by atoms with van der Waals surface area (Å²) in [5.41, 5.74) is -0.101. The molecule has 1 N–H and O–H groups in total. The van der Waals surface area contributed by atoms with Gasteiger partial charge in [0.2, 0.25) is 11.8 Å². The maximum absolute atomic E-state index is 14.5. The second-order valence-corrected chi connectivity index (χ2v) is 9.69. The Morgan fingerprint density at radius 1 is 1.28 bits per heavy atom. The Morgan fingerprint density at radius 3 is 2.75 bits per heavy atom. The van der Waals surface area contributed by atoms with Crippen LogP contribution in [-0.4, -0.2) is 55.2 Å². The summed E-state index contributed by atoms with van der Waals surface area (Å²) in [7, 11) is 1.55. The van der Waals surface area contributed by atoms with E-state index in [-0.39, 0.29) is 23.7 Å². The number of rotatable bonds is 10. The topological polar surface area (TPSA) is 67.9 Å². The molecule has 1 saturated carbocycles. The largest absolute Gasteiger partial charge is 0.497 e. The van der Waals surface area contributed by atoms with E-state index in [9.17, 15) is 14.0 Å². The van der Waals surface area contributed by atoms with Crippen LogP contribution in [0.3, 0.4) is 0 Å². The minimum Gasteiger partial charge on any atom is -0.497 e. The lowest BCUT2D eigenvalue weighted by Gasteiger charge is -2.35. The predicted molar refractivity (Wildman–Crippen MR) is 119 cm³/mol. The number of nitrogens with one attached hydrogen (secondary N) is 1. The van der Waals surface area contributed by atoms with Gasteiger partial charge in [0.15, 0.2) is 0 Å². The molecule has 4 rings (SSSR count). The number of benzene rings is 1. The van der Waals surface area contributed by atoms with E-state index in [0.717, 1.165) is 26.0 Å². The van der Waals surface area contributed by atoms with E-state index in [1.165, 1.54) is 25.3 Å². The average molecular weight is 447 g/mol. The SMILES string of the molecule is COc1ccc(F)c(C[C@]2(CCC(=O)N(CC3CCC3)C[C@H]3CCCO3)CCC(=O)N2)c1. The van der Waals surface area contributed by atoms with E-state index in [2.05, 4.69) is 5.32 Å². The Balaban J connectivity index is 1.43. The van der Waals surface area contributed by atoms with Gasteiger partial charge in [0.05, 0.1) is 13.2 Å². The highest BCUT2D eigenvalue weighted by molar-refractivity contribution is 5.80. The maximum Gasteiger partial charge on any atom is 0.222 e. The van der Waals surface area contributed by atoms with Crippen LogP contribution in [0.5, 0.6) is 5.75 Å². The molecule has 0 radical (unpaired) electrons. The van der Waals surface area contributed by atoms with Crippen molar-refractivity contribution in [3.8, 4) is 5.75 Å². The van der Waals surface area contributed by atoms with E-state index in [1.54, 1.807) is 19.2 Å². The molecule has 3 fully saturated rings. The van der Waals surface area contributed by atoms with Gasteiger partial charge in [-0.15, -0.1) is 0 Å². The van der Waals surface area contributed by atoms with Crippen LogP contribution in [0.25, 0.3) is 0 Å². The quantitative estimate of drug-likeness (QED) is 0.596. The maximum atomic E-state index is 14.5. The number of hydrogen-bond acceptors (Lipinski definition) is 4. The van der Waals surface area contributed by atoms with Crippen molar-refractivity contribution in [2.24, 2.45) is 5.92 Å². The summed E-state index contributed by atoms with van der Waals surface area (Å²) in [5, 5.41) is 3.07. The van der Waals surface area contributed by atoms with E-state index >= 15 is 0 Å². The molecule has 3 aliphatic rings. The summed E-state index contributed by atoms with van der Waals surface area (Å²) >= 11 is 0. The molecule has 2 aliphatic heterocycles. The Bertz CT molecular complexity index is 822. The molecule has 6 nitrogen and oxygen atoms in total. The molecular formula is C25H35FN2O4. The van der Waals surface area contributed by atoms with Crippen LogP contribution >= 0.6 is 0 Å². The van der Waals surface area contributed by atoms with Crippen molar-refractivity contribution in [1.82, 2.24) is 10.2 Å². The van der Waals surface area contributed by atoms with Crippen molar-refractivity contribution in [3.05, 3.63) is 29.6 Å². The second-order valence-electron chi connectivity index (χ2n) is 9.69. The zero-order valence-electron chi connectivity index (χ0n) is 19.0. The summed E-state index contributed by atoms with van der Waals surface area (Å²) in [4.78, 5) is 27.4. The average Bonchev–Trinajstić information content (AvgIpc) is 3.39. The summed E-state index contributed by atoms with van der Waals surface area (Å²) in [6.45, 7) is 2.22. The van der Waals surface area contributed by atoms with Crippen LogP contribution in [0.4, 0.5) is 4.39 Å². The molecule has 1 aromatic carbocycles. The smallest absolute Gasteiger partial charge is 0.222 e. The molecule has 1 aromatic rings. The third-order valence-electron chi connectivity index (χ3n) is 7.34. The summed E-state index contributed by atoms with van der Waals surface area (Å²) in [6, 6.07) is 4.67. The van der Waals surface area contributed by atoms with Gasteiger partial charge in [-0.1, -0.05) is 6.42 Å². The number of nitrogens with zero attached hydrogens (tertiary/aromatic N) is 1. The van der Waals surface area contributed by atoms with E-state index in [1.807, 2.05) is 4.90 Å². The first kappa shape index (κ1) is 23.0. The summed E-state index contributed by atoms with van der Waals surface area (Å²) < 4.78 is 25.5. The van der Waals surface area contributed by atoms with Crippen LogP contribution in [0, 0.1) is 11.7 Å². The first-order valence-corrected chi connectivity index (χ1v) is 12.0. The van der Waals surface area contributed by atoms with Crippen LogP contribution in [0.2, 0.25) is 0 Å². The molecule has 2 amide bonds. The number of amides is 2. The molecule has 1 aliphatic carbocycles. The Morgan fingerprint density at radius 2 is 2.12 bits per heavy atom. The molecular weight excluding hydrogens is 411 g/mol. The van der Waals surface area contributed by atoms with Crippen LogP contribution in [0.15, 0.2) is 18.2 Å². The van der Waals surface area contributed by atoms with Crippen LogP contribution < -0.4 is 10.1 Å². The zero-order valence-corrected chi connectivity index (χ0v) is 19.0. The fourth-order valence-corrected chi connectivity index (χ4v) is 5.16. The molecule has 2 heterocycles. The molecule has 0 spiro atoms. The Labute approximate surface area is 189 Å². The molecule has 7 heteroatoms. The zero-order chi connectivity index (χ0) is 22.6. The molecule has 0 aromatic heterocycles. The van der Waals surface area contributed by atoms with Crippen LogP contribution in [0.1, 0.15) is 63.4 Å². The third kappa shape index (κ3) is 5.61. The highest BCUT2D eigenvalue weighted by atomic mass is 19.1. The lowest BCUT2D eigenvalue weighted by Crippen LogP contribution is -2.46. The van der Waals surface area contributed by atoms with Gasteiger partial charge in [-0.05, 0) is 74.6 Å². The van der Waals surface area contributed by atoms with Crippen molar-refractivity contribution >= 4 is 11.8 Å². The number of methoxy groups -OCH3 is 1. The lowest BCUT2D eigenvalue weighted by atomic mass is 9.83. The van der Waals surface area contributed by atoms with Gasteiger partial charge < -0.3 is 19.7 Å². The number of carbonyl (C=O) groups is 2. The first-order chi connectivity index (χ1) is 15.5. The summed E-state index contributed by atoms with van der Waals surface area (Å²) in [6.07, 6.45) is 8.00. The minimum atomic E-state index is -0.605. The molecule has 32 heavy (non-hydrogen) atoms. The van der Waals surface area contributed by atoms with Crippen LogP contribution in [-0.2, 0) is 20.7 Å². The Kier molecular flexibility index (Phi) is 7.33. The fraction of sp³-hybridized carbons (Fsp3) is 0.680. The Hall–Kier alpha value is -2.15. The first-order valence-electron chi connectivity index (χ1n) is 12.0. The van der Waals surface area contributed by atoms with E-state index in [0.29, 0.717) is 55.9 Å². The van der Waals surface area contributed by atoms with Gasteiger partial charge >= 0.3 is 0 Å². The predicted octanol–water partition coefficient (Wildman–Crippen LogP) is 3.61. The number of carbonyl (C=O) groups excluding carboxylic acids is 2. The van der Waals surface area contributed by atoms with Crippen molar-refractivity contribution < 1.29 is 23.5 Å². The number of ether oxygens (including phenoxy) is 2. The van der Waals surface area contributed by atoms with Gasteiger partial charge in [-0.2, -0.15) is 0 Å². The molecule has 0 unspecified atom stereocenters. The van der Waals surface area contributed by atoms with E-state index < -0.39 is 5.54 Å². The monoisotopic (exact) mass is 446 g/mol. The number of halogens is 1. The fourth-order valence-electron chi connectivity index (χ4n) is 5.16. The van der Waals surface area contributed by atoms with Crippen molar-refractivity contribution in [3.63, 3.8) is 0 Å². The van der Waals surface area contributed by atoms with Gasteiger partial charge in [-0.3, -0.25) is 9.59 Å². The molecule has 2 saturated heterocycles. The lowest BCUT2D eigenvalue weighted by molar-refractivity contribution is -0.134. The van der Waals surface area contributed by atoms with Crippen molar-refractivity contribution in [1.29, 1.82) is 0 Å². The van der Waals surface area contributed by atoms with Gasteiger partial charge in [0, 0.05) is 38.1 Å².